The lowest BCUT2D eigenvalue weighted by molar-refractivity contribution is -0.120. The van der Waals surface area contributed by atoms with Gasteiger partial charge in [0, 0.05) is 12.0 Å². The molecule has 7 nitrogen and oxygen atoms in total. The molecule has 0 aromatic heterocycles. The summed E-state index contributed by atoms with van der Waals surface area (Å²) in [5.74, 6) is 1.62. The normalized spacial score (nSPS) is 15.4. The lowest BCUT2D eigenvalue weighted by Crippen LogP contribution is -2.35. The Morgan fingerprint density at radius 2 is 1.85 bits per heavy atom. The molecule has 1 atom stereocenters. The van der Waals surface area contributed by atoms with Crippen molar-refractivity contribution in [2.24, 2.45) is 0 Å². The van der Waals surface area contributed by atoms with E-state index in [-0.39, 0.29) is 25.2 Å². The molecule has 174 valence electrons. The van der Waals surface area contributed by atoms with Gasteiger partial charge in [0.2, 0.25) is 12.7 Å². The number of carbonyl (C=O) groups is 2. The van der Waals surface area contributed by atoms with Gasteiger partial charge in [-0.25, -0.2) is 4.79 Å². The van der Waals surface area contributed by atoms with E-state index in [1.807, 2.05) is 49.4 Å². The van der Waals surface area contributed by atoms with E-state index in [4.69, 9.17) is 18.9 Å². The van der Waals surface area contributed by atoms with E-state index in [0.717, 1.165) is 33.6 Å². The topological polar surface area (TPSA) is 83.1 Å². The van der Waals surface area contributed by atoms with Crippen LogP contribution in [0.2, 0.25) is 0 Å². The molecular formula is C27H25NO6. The molecule has 0 fully saturated rings. The second kappa shape index (κ2) is 9.09. The van der Waals surface area contributed by atoms with Gasteiger partial charge in [0.1, 0.15) is 11.9 Å². The van der Waals surface area contributed by atoms with Crippen LogP contribution in [0.25, 0.3) is 11.1 Å². The van der Waals surface area contributed by atoms with Gasteiger partial charge in [-0.3, -0.25) is 4.79 Å². The van der Waals surface area contributed by atoms with Crippen LogP contribution in [0, 0.1) is 6.92 Å². The van der Waals surface area contributed by atoms with Crippen molar-refractivity contribution in [3.05, 3.63) is 76.9 Å². The number of methoxy groups -OCH3 is 1. The smallest absolute Gasteiger partial charge is 0.338 e. The molecule has 0 radical (unpaired) electrons. The summed E-state index contributed by atoms with van der Waals surface area (Å²) in [6.45, 7) is 2.61. The summed E-state index contributed by atoms with van der Waals surface area (Å²) >= 11 is 0. The second-order valence-corrected chi connectivity index (χ2v) is 8.45. The molecule has 2 aliphatic heterocycles. The first-order chi connectivity index (χ1) is 16.5. The van der Waals surface area contributed by atoms with E-state index in [1.165, 1.54) is 7.11 Å². The van der Waals surface area contributed by atoms with Gasteiger partial charge in [-0.1, -0.05) is 30.3 Å². The fourth-order valence-electron chi connectivity index (χ4n) is 4.44. The quantitative estimate of drug-likeness (QED) is 0.564. The summed E-state index contributed by atoms with van der Waals surface area (Å²) in [5, 5.41) is 2.98. The van der Waals surface area contributed by atoms with Gasteiger partial charge >= 0.3 is 5.97 Å². The van der Waals surface area contributed by atoms with Crippen molar-refractivity contribution >= 4 is 11.9 Å². The van der Waals surface area contributed by atoms with Crippen LogP contribution in [0.3, 0.4) is 0 Å². The Hall–Kier alpha value is -4.00. The van der Waals surface area contributed by atoms with Crippen LogP contribution in [0.15, 0.2) is 54.6 Å². The molecule has 3 aromatic rings. The van der Waals surface area contributed by atoms with Gasteiger partial charge in [-0.05, 0) is 53.4 Å². The van der Waals surface area contributed by atoms with Crippen LogP contribution in [0.5, 0.6) is 17.2 Å². The molecule has 34 heavy (non-hydrogen) atoms. The number of esters is 1. The highest BCUT2D eigenvalue weighted by atomic mass is 16.7. The number of benzene rings is 3. The summed E-state index contributed by atoms with van der Waals surface area (Å²) in [5.41, 5.74) is 5.10. The maximum Gasteiger partial charge on any atom is 0.338 e. The highest BCUT2D eigenvalue weighted by Crippen LogP contribution is 2.41. The minimum absolute atomic E-state index is 0.0918. The molecule has 0 saturated heterocycles. The minimum Gasteiger partial charge on any atom is -0.487 e. The molecule has 1 amide bonds. The molecule has 5 rings (SSSR count). The fourth-order valence-corrected chi connectivity index (χ4v) is 4.44. The largest absolute Gasteiger partial charge is 0.487 e. The van der Waals surface area contributed by atoms with Crippen molar-refractivity contribution in [2.75, 3.05) is 20.4 Å². The first kappa shape index (κ1) is 21.8. The van der Waals surface area contributed by atoms with Gasteiger partial charge in [0.05, 0.1) is 25.6 Å². The van der Waals surface area contributed by atoms with E-state index >= 15 is 0 Å². The number of aryl methyl sites for hydroxylation is 1. The van der Waals surface area contributed by atoms with Gasteiger partial charge in [-0.15, -0.1) is 0 Å². The van der Waals surface area contributed by atoms with Crippen molar-refractivity contribution in [1.29, 1.82) is 0 Å². The van der Waals surface area contributed by atoms with Gasteiger partial charge in [0.25, 0.3) is 0 Å². The third kappa shape index (κ3) is 4.29. The lowest BCUT2D eigenvalue weighted by atomic mass is 9.94. The molecule has 2 heterocycles. The standard InChI is InChI=1S/C27H25NO6/c1-16-9-18-13-19(14-28-25(29)12-17-7-8-23-24(11-17)33-15-32-23)34-26(18)22(10-16)20-5-3-4-6-21(20)27(30)31-2/h3-11,19H,12-15H2,1-2H3,(H,28,29)/t19-/m1/s1. The zero-order chi connectivity index (χ0) is 23.7. The number of amides is 1. The van der Waals surface area contributed by atoms with Crippen molar-refractivity contribution in [3.63, 3.8) is 0 Å². The monoisotopic (exact) mass is 459 g/mol. The van der Waals surface area contributed by atoms with E-state index in [2.05, 4.69) is 11.4 Å². The van der Waals surface area contributed by atoms with Crippen LogP contribution >= 0.6 is 0 Å². The second-order valence-electron chi connectivity index (χ2n) is 8.45. The number of nitrogens with one attached hydrogen (secondary N) is 1. The zero-order valence-electron chi connectivity index (χ0n) is 19.1. The Balaban J connectivity index is 1.28. The predicted molar refractivity (Wildman–Crippen MR) is 125 cm³/mol. The molecule has 0 aliphatic carbocycles. The molecule has 0 unspecified atom stereocenters. The summed E-state index contributed by atoms with van der Waals surface area (Å²) in [6, 6.07) is 17.0. The number of ether oxygens (including phenoxy) is 4. The van der Waals surface area contributed by atoms with E-state index in [1.54, 1.807) is 6.07 Å². The van der Waals surface area contributed by atoms with E-state index < -0.39 is 5.97 Å². The van der Waals surface area contributed by atoms with Gasteiger partial charge < -0.3 is 24.3 Å². The molecule has 0 spiro atoms. The molecule has 1 N–H and O–H groups in total. The van der Waals surface area contributed by atoms with Gasteiger partial charge in [-0.2, -0.15) is 0 Å². The highest BCUT2D eigenvalue weighted by Gasteiger charge is 2.28. The number of fused-ring (bicyclic) bond motifs is 2. The van der Waals surface area contributed by atoms with Crippen LogP contribution < -0.4 is 19.5 Å². The maximum atomic E-state index is 12.5. The molecular weight excluding hydrogens is 434 g/mol. The molecule has 0 bridgehead atoms. The first-order valence-electron chi connectivity index (χ1n) is 11.1. The average molecular weight is 459 g/mol. The van der Waals surface area contributed by atoms with Crippen LogP contribution in [-0.4, -0.2) is 38.4 Å². The zero-order valence-corrected chi connectivity index (χ0v) is 19.1. The maximum absolute atomic E-state index is 12.5. The van der Waals surface area contributed by atoms with Gasteiger partial charge in [0.15, 0.2) is 11.5 Å². The number of rotatable bonds is 6. The SMILES string of the molecule is COC(=O)c1ccccc1-c1cc(C)cc2c1O[C@@H](CNC(=O)Cc1ccc3c(c1)OCO3)C2. The van der Waals surface area contributed by atoms with Crippen molar-refractivity contribution in [2.45, 2.75) is 25.9 Å². The fraction of sp³-hybridized carbons (Fsp3) is 0.259. The summed E-state index contributed by atoms with van der Waals surface area (Å²) in [4.78, 5) is 24.9. The minimum atomic E-state index is -0.392. The summed E-state index contributed by atoms with van der Waals surface area (Å²) in [6.07, 6.45) is 0.726. The Bertz CT molecular complexity index is 1270. The molecule has 3 aromatic carbocycles. The Kier molecular flexibility index (Phi) is 5.84. The predicted octanol–water partition coefficient (Wildman–Crippen LogP) is 3.84. The van der Waals surface area contributed by atoms with Crippen molar-refractivity contribution < 1.29 is 28.5 Å². The highest BCUT2D eigenvalue weighted by molar-refractivity contribution is 5.98. The van der Waals surface area contributed by atoms with Crippen LogP contribution in [-0.2, 0) is 22.4 Å². The van der Waals surface area contributed by atoms with Crippen LogP contribution in [0.1, 0.15) is 27.0 Å². The molecule has 0 saturated carbocycles. The van der Waals surface area contributed by atoms with E-state index in [9.17, 15) is 9.59 Å². The molecule has 7 heteroatoms. The first-order valence-corrected chi connectivity index (χ1v) is 11.1. The Labute approximate surface area is 197 Å². The third-order valence-electron chi connectivity index (χ3n) is 5.99. The average Bonchev–Trinajstić information content (AvgIpc) is 3.48. The summed E-state index contributed by atoms with van der Waals surface area (Å²) in [7, 11) is 1.37. The number of hydrogen-bond acceptors (Lipinski definition) is 6. The van der Waals surface area contributed by atoms with Crippen molar-refractivity contribution in [3.8, 4) is 28.4 Å². The third-order valence-corrected chi connectivity index (χ3v) is 5.99. The lowest BCUT2D eigenvalue weighted by Gasteiger charge is -2.15. The number of carbonyl (C=O) groups excluding carboxylic acids is 2. The summed E-state index contributed by atoms with van der Waals surface area (Å²) < 4.78 is 21.9. The molecule has 2 aliphatic rings. The Morgan fingerprint density at radius 1 is 1.03 bits per heavy atom. The van der Waals surface area contributed by atoms with E-state index in [0.29, 0.717) is 30.0 Å². The van der Waals surface area contributed by atoms with Crippen LogP contribution in [0.4, 0.5) is 0 Å². The number of hydrogen-bond donors (Lipinski definition) is 1. The van der Waals surface area contributed by atoms with Crippen molar-refractivity contribution in [1.82, 2.24) is 5.32 Å². The Morgan fingerprint density at radius 3 is 2.71 bits per heavy atom.